The summed E-state index contributed by atoms with van der Waals surface area (Å²) < 4.78 is 17.4. The van der Waals surface area contributed by atoms with Gasteiger partial charge in [0.05, 0.1) is 0 Å². The Balaban J connectivity index is 2.49. The Labute approximate surface area is 151 Å². The van der Waals surface area contributed by atoms with E-state index in [0.29, 0.717) is 0 Å². The first-order valence-electron chi connectivity index (χ1n) is 9.76. The van der Waals surface area contributed by atoms with Gasteiger partial charge in [-0.3, -0.25) is 0 Å². The zero-order valence-corrected chi connectivity index (χ0v) is 18.8. The second kappa shape index (κ2) is 9.74. The van der Waals surface area contributed by atoms with Gasteiger partial charge in [-0.15, -0.1) is 0 Å². The molecule has 134 valence electrons. The number of hydrogen-bond donors (Lipinski definition) is 0. The molecule has 2 nitrogen and oxygen atoms in total. The summed E-state index contributed by atoms with van der Waals surface area (Å²) in [7, 11) is 1.77. The molecule has 0 amide bonds. The van der Waals surface area contributed by atoms with Crippen molar-refractivity contribution in [2.24, 2.45) is 0 Å². The Hall–Kier alpha value is -0.641. The number of fused-ring (bicyclic) bond motifs is 1. The molecule has 0 saturated carbocycles. The minimum absolute atomic E-state index is 0.905. The van der Waals surface area contributed by atoms with E-state index in [-0.39, 0.29) is 0 Å². The summed E-state index contributed by atoms with van der Waals surface area (Å²) in [5, 5.41) is 1.22. The van der Waals surface area contributed by atoms with Crippen LogP contribution < -0.4 is 8.32 Å². The van der Waals surface area contributed by atoms with Gasteiger partial charge in [-0.1, -0.05) is 0 Å². The molecular formula is C21H34O2Sn. The average molecular weight is 437 g/mol. The van der Waals surface area contributed by atoms with Gasteiger partial charge < -0.3 is 0 Å². The second-order valence-corrected chi connectivity index (χ2v) is 20.3. The van der Waals surface area contributed by atoms with E-state index in [2.05, 4.69) is 39.0 Å². The van der Waals surface area contributed by atoms with E-state index < -0.39 is 18.4 Å². The number of rotatable bonds is 11. The van der Waals surface area contributed by atoms with Crippen molar-refractivity contribution < 1.29 is 9.15 Å². The number of methoxy groups -OCH3 is 1. The Morgan fingerprint density at radius 1 is 0.917 bits per heavy atom. The predicted octanol–water partition coefficient (Wildman–Crippen LogP) is 6.50. The van der Waals surface area contributed by atoms with E-state index in [1.807, 2.05) is 0 Å². The summed E-state index contributed by atoms with van der Waals surface area (Å²) >= 11 is -2.40. The molecule has 0 bridgehead atoms. The number of unbranched alkanes of at least 4 members (excludes halogenated alkanes) is 3. The van der Waals surface area contributed by atoms with E-state index >= 15 is 0 Å². The summed E-state index contributed by atoms with van der Waals surface area (Å²) in [5.74, 6) is 0.929. The fourth-order valence-corrected chi connectivity index (χ4v) is 19.9. The van der Waals surface area contributed by atoms with Gasteiger partial charge in [0.15, 0.2) is 0 Å². The molecule has 0 aliphatic heterocycles. The standard InChI is InChI=1S/C9H7O2.3C4H9.Sn/c1-10-8-4-2-3-7-5-6-11-9(7)8;3*1-3-4-2;/h3-6H,1H3;3*1,3-4H2,2H3;. The monoisotopic (exact) mass is 438 g/mol. The molecule has 2 rings (SSSR count). The fourth-order valence-electron chi connectivity index (χ4n) is 3.86. The Morgan fingerprint density at radius 2 is 1.50 bits per heavy atom. The van der Waals surface area contributed by atoms with Crippen LogP contribution >= 0.6 is 0 Å². The van der Waals surface area contributed by atoms with Crippen LogP contribution in [-0.4, -0.2) is 25.5 Å². The van der Waals surface area contributed by atoms with Crippen LogP contribution in [0.3, 0.4) is 0 Å². The minimum atomic E-state index is -2.40. The van der Waals surface area contributed by atoms with Crippen LogP contribution in [-0.2, 0) is 0 Å². The van der Waals surface area contributed by atoms with E-state index in [1.165, 1.54) is 57.2 Å². The van der Waals surface area contributed by atoms with Crippen molar-refractivity contribution in [3.8, 4) is 5.75 Å². The van der Waals surface area contributed by atoms with E-state index in [4.69, 9.17) is 9.15 Å². The van der Waals surface area contributed by atoms with E-state index in [1.54, 1.807) is 17.0 Å². The van der Waals surface area contributed by atoms with Crippen LogP contribution in [0, 0.1) is 0 Å². The third-order valence-corrected chi connectivity index (χ3v) is 20.9. The van der Waals surface area contributed by atoms with Gasteiger partial charge >= 0.3 is 152 Å². The molecule has 0 unspecified atom stereocenters. The maximum atomic E-state index is 5.67. The molecule has 0 N–H and O–H groups in total. The molecule has 1 aromatic carbocycles. The normalized spacial score (nSPS) is 12.0. The molecule has 0 atom stereocenters. The molecule has 0 fully saturated rings. The van der Waals surface area contributed by atoms with Crippen LogP contribution in [0.5, 0.6) is 5.75 Å². The van der Waals surface area contributed by atoms with E-state index in [0.717, 1.165) is 11.3 Å². The van der Waals surface area contributed by atoms with Crippen LogP contribution in [0.4, 0.5) is 0 Å². The van der Waals surface area contributed by atoms with Gasteiger partial charge in [0.1, 0.15) is 0 Å². The fraction of sp³-hybridized carbons (Fsp3) is 0.619. The van der Waals surface area contributed by atoms with Crippen molar-refractivity contribution in [3.63, 3.8) is 0 Å². The van der Waals surface area contributed by atoms with E-state index in [9.17, 15) is 0 Å². The molecule has 1 heterocycles. The molecule has 3 heteroatoms. The molecule has 0 spiro atoms. The average Bonchev–Trinajstić information content (AvgIpc) is 3.09. The summed E-state index contributed by atoms with van der Waals surface area (Å²) in [5.41, 5.74) is 0.905. The van der Waals surface area contributed by atoms with Gasteiger partial charge in [0, 0.05) is 0 Å². The van der Waals surface area contributed by atoms with Crippen LogP contribution in [0.1, 0.15) is 59.3 Å². The third kappa shape index (κ3) is 4.50. The zero-order chi connectivity index (χ0) is 17.4. The SMILES string of the molecule is CCC[CH2][Sn]([CH2]CCC)([CH2]CCC)[c]1cc(OC)c2occc2c1. The topological polar surface area (TPSA) is 22.4 Å². The summed E-state index contributed by atoms with van der Waals surface area (Å²) in [6.07, 6.45) is 9.87. The number of furan rings is 1. The van der Waals surface area contributed by atoms with Gasteiger partial charge in [-0.2, -0.15) is 0 Å². The Bertz CT molecular complexity index is 596. The third-order valence-electron chi connectivity index (χ3n) is 5.38. The molecule has 0 radical (unpaired) electrons. The van der Waals surface area contributed by atoms with Gasteiger partial charge in [-0.25, -0.2) is 0 Å². The molecule has 24 heavy (non-hydrogen) atoms. The molecule has 1 aromatic heterocycles. The summed E-state index contributed by atoms with van der Waals surface area (Å²) in [4.78, 5) is 0. The Kier molecular flexibility index (Phi) is 7.99. The van der Waals surface area contributed by atoms with Gasteiger partial charge in [0.25, 0.3) is 0 Å². The van der Waals surface area contributed by atoms with Crippen molar-refractivity contribution in [3.05, 3.63) is 24.5 Å². The Morgan fingerprint density at radius 3 is 2.00 bits per heavy atom. The van der Waals surface area contributed by atoms with Crippen molar-refractivity contribution in [1.82, 2.24) is 0 Å². The van der Waals surface area contributed by atoms with Gasteiger partial charge in [-0.05, 0) is 0 Å². The first-order valence-corrected chi connectivity index (χ1v) is 17.2. The maximum absolute atomic E-state index is 5.67. The molecular weight excluding hydrogens is 403 g/mol. The number of hydrogen-bond acceptors (Lipinski definition) is 2. The van der Waals surface area contributed by atoms with Crippen LogP contribution in [0.15, 0.2) is 28.9 Å². The van der Waals surface area contributed by atoms with Gasteiger partial charge in [0.2, 0.25) is 0 Å². The van der Waals surface area contributed by atoms with Crippen molar-refractivity contribution >= 4 is 32.9 Å². The number of ether oxygens (including phenoxy) is 1. The molecule has 2 aromatic rings. The summed E-state index contributed by atoms with van der Waals surface area (Å²) in [6, 6.07) is 6.87. The second-order valence-electron chi connectivity index (χ2n) is 7.11. The molecule has 0 aliphatic rings. The van der Waals surface area contributed by atoms with Crippen LogP contribution in [0.25, 0.3) is 11.0 Å². The molecule has 0 saturated heterocycles. The quantitative estimate of drug-likeness (QED) is 0.375. The number of benzene rings is 1. The summed E-state index contributed by atoms with van der Waals surface area (Å²) in [6.45, 7) is 6.99. The van der Waals surface area contributed by atoms with Crippen molar-refractivity contribution in [1.29, 1.82) is 0 Å². The van der Waals surface area contributed by atoms with Crippen molar-refractivity contribution in [2.45, 2.75) is 72.6 Å². The first-order chi connectivity index (χ1) is 11.7. The zero-order valence-electron chi connectivity index (χ0n) is 16.0. The first kappa shape index (κ1) is 19.7. The predicted molar refractivity (Wildman–Crippen MR) is 107 cm³/mol. The van der Waals surface area contributed by atoms with Crippen molar-refractivity contribution in [2.75, 3.05) is 7.11 Å². The van der Waals surface area contributed by atoms with Crippen LogP contribution in [0.2, 0.25) is 13.3 Å². The molecule has 0 aliphatic carbocycles.